The first-order chi connectivity index (χ1) is 15.4. The number of aromatic nitrogens is 2. The Kier molecular flexibility index (Phi) is 7.83. The lowest BCUT2D eigenvalue weighted by molar-refractivity contribution is -0.119. The zero-order valence-electron chi connectivity index (χ0n) is 17.9. The van der Waals surface area contributed by atoms with E-state index in [1.54, 1.807) is 36.4 Å². The average Bonchev–Trinajstić information content (AvgIpc) is 2.79. The monoisotopic (exact) mass is 457 g/mol. The molecule has 9 heteroatoms. The van der Waals surface area contributed by atoms with Gasteiger partial charge in [0.15, 0.2) is 12.3 Å². The highest BCUT2D eigenvalue weighted by Gasteiger charge is 2.19. The number of amides is 1. The highest BCUT2D eigenvalue weighted by Crippen LogP contribution is 2.27. The Hall–Kier alpha value is -3.39. The molecule has 2 aromatic carbocycles. The second-order valence-corrected chi connectivity index (χ2v) is 7.51. The Morgan fingerprint density at radius 1 is 1.12 bits per heavy atom. The lowest BCUT2D eigenvalue weighted by Crippen LogP contribution is -2.28. The molecule has 1 aromatic heterocycles. The van der Waals surface area contributed by atoms with E-state index in [9.17, 15) is 14.4 Å². The van der Waals surface area contributed by atoms with E-state index in [4.69, 9.17) is 21.1 Å². The number of carbonyl (C=O) groups is 2. The number of rotatable bonds is 9. The van der Waals surface area contributed by atoms with Crippen molar-refractivity contribution in [2.75, 3.05) is 19.0 Å². The zero-order chi connectivity index (χ0) is 23.1. The molecule has 0 spiro atoms. The van der Waals surface area contributed by atoms with Gasteiger partial charge in [-0.05, 0) is 30.7 Å². The SMILES string of the molecule is CCCCCn1nc(C(=O)OCC(=O)Nc2ccc(OC)c(Cl)c2)c2ccccc2c1=O. The summed E-state index contributed by atoms with van der Waals surface area (Å²) in [7, 11) is 1.49. The molecule has 8 nitrogen and oxygen atoms in total. The lowest BCUT2D eigenvalue weighted by Gasteiger charge is -2.11. The molecular formula is C23H24ClN3O5. The number of nitrogens with zero attached hydrogens (tertiary/aromatic N) is 2. The lowest BCUT2D eigenvalue weighted by atomic mass is 10.1. The highest BCUT2D eigenvalue weighted by atomic mass is 35.5. The number of benzene rings is 2. The molecule has 168 valence electrons. The van der Waals surface area contributed by atoms with E-state index in [-0.39, 0.29) is 11.3 Å². The third-order valence-corrected chi connectivity index (χ3v) is 5.10. The van der Waals surface area contributed by atoms with Gasteiger partial charge in [-0.3, -0.25) is 9.59 Å². The Labute approximate surface area is 190 Å². The molecule has 0 saturated heterocycles. The maximum atomic E-state index is 12.7. The van der Waals surface area contributed by atoms with Crippen molar-refractivity contribution in [2.24, 2.45) is 0 Å². The highest BCUT2D eigenvalue weighted by molar-refractivity contribution is 6.32. The standard InChI is InChI=1S/C23H24ClN3O5/c1-3-4-7-12-27-22(29)17-9-6-5-8-16(17)21(26-27)23(30)32-14-20(28)25-15-10-11-19(31-2)18(24)13-15/h5-6,8-11,13H,3-4,7,12,14H2,1-2H3,(H,25,28). The largest absolute Gasteiger partial charge is 0.495 e. The molecule has 0 bridgehead atoms. The maximum absolute atomic E-state index is 12.7. The number of anilines is 1. The number of unbranched alkanes of at least 4 members (excludes halogenated alkanes) is 2. The number of hydrogen-bond acceptors (Lipinski definition) is 6. The topological polar surface area (TPSA) is 99.5 Å². The predicted molar refractivity (Wildman–Crippen MR) is 122 cm³/mol. The van der Waals surface area contributed by atoms with Crippen molar-refractivity contribution in [3.05, 3.63) is 63.5 Å². The molecule has 1 N–H and O–H groups in total. The van der Waals surface area contributed by atoms with Gasteiger partial charge < -0.3 is 14.8 Å². The van der Waals surface area contributed by atoms with Gasteiger partial charge in [-0.15, -0.1) is 0 Å². The number of halogens is 1. The van der Waals surface area contributed by atoms with Crippen LogP contribution in [0.25, 0.3) is 10.8 Å². The number of aryl methyl sites for hydroxylation is 1. The normalized spacial score (nSPS) is 10.7. The first kappa shape index (κ1) is 23.3. The fourth-order valence-electron chi connectivity index (χ4n) is 3.19. The van der Waals surface area contributed by atoms with Crippen molar-refractivity contribution in [2.45, 2.75) is 32.7 Å². The van der Waals surface area contributed by atoms with E-state index in [0.717, 1.165) is 19.3 Å². The molecule has 0 atom stereocenters. The molecule has 0 aliphatic heterocycles. The summed E-state index contributed by atoms with van der Waals surface area (Å²) in [4.78, 5) is 37.7. The van der Waals surface area contributed by atoms with Crippen molar-refractivity contribution in [1.82, 2.24) is 9.78 Å². The first-order valence-corrected chi connectivity index (χ1v) is 10.6. The fourth-order valence-corrected chi connectivity index (χ4v) is 3.45. The van der Waals surface area contributed by atoms with Gasteiger partial charge in [0.25, 0.3) is 11.5 Å². The van der Waals surface area contributed by atoms with Crippen LogP contribution in [0, 0.1) is 0 Å². The van der Waals surface area contributed by atoms with Gasteiger partial charge in [-0.2, -0.15) is 5.10 Å². The number of methoxy groups -OCH3 is 1. The maximum Gasteiger partial charge on any atom is 0.359 e. The smallest absolute Gasteiger partial charge is 0.359 e. The summed E-state index contributed by atoms with van der Waals surface area (Å²) < 4.78 is 11.5. The number of ether oxygens (including phenoxy) is 2. The average molecular weight is 458 g/mol. The minimum absolute atomic E-state index is 0.00279. The zero-order valence-corrected chi connectivity index (χ0v) is 18.6. The van der Waals surface area contributed by atoms with E-state index < -0.39 is 18.5 Å². The van der Waals surface area contributed by atoms with Gasteiger partial charge in [0.2, 0.25) is 0 Å². The summed E-state index contributed by atoms with van der Waals surface area (Å²) in [6.07, 6.45) is 2.70. The minimum atomic E-state index is -0.784. The molecule has 0 aliphatic rings. The van der Waals surface area contributed by atoms with E-state index in [2.05, 4.69) is 17.3 Å². The van der Waals surface area contributed by atoms with Crippen LogP contribution < -0.4 is 15.6 Å². The minimum Gasteiger partial charge on any atom is -0.495 e. The Morgan fingerprint density at radius 2 is 1.88 bits per heavy atom. The van der Waals surface area contributed by atoms with E-state index >= 15 is 0 Å². The Bertz CT molecular complexity index is 1190. The van der Waals surface area contributed by atoms with Gasteiger partial charge in [-0.25, -0.2) is 9.48 Å². The predicted octanol–water partition coefficient (Wildman–Crippen LogP) is 4.04. The van der Waals surface area contributed by atoms with E-state index in [1.165, 1.54) is 17.9 Å². The van der Waals surface area contributed by atoms with Crippen LogP contribution in [0.2, 0.25) is 5.02 Å². The number of carbonyl (C=O) groups excluding carboxylic acids is 2. The van der Waals surface area contributed by atoms with Crippen molar-refractivity contribution in [3.63, 3.8) is 0 Å². The van der Waals surface area contributed by atoms with E-state index in [1.807, 2.05) is 0 Å². The van der Waals surface area contributed by atoms with Crippen molar-refractivity contribution < 1.29 is 19.1 Å². The van der Waals surface area contributed by atoms with Gasteiger partial charge in [0.1, 0.15) is 5.75 Å². The van der Waals surface area contributed by atoms with Crippen LogP contribution >= 0.6 is 11.6 Å². The molecule has 0 fully saturated rings. The quantitative estimate of drug-likeness (QED) is 0.384. The molecule has 0 saturated carbocycles. The number of esters is 1. The van der Waals surface area contributed by atoms with Crippen LogP contribution in [0.15, 0.2) is 47.3 Å². The van der Waals surface area contributed by atoms with Crippen LogP contribution in [0.4, 0.5) is 5.69 Å². The van der Waals surface area contributed by atoms with E-state index in [0.29, 0.717) is 33.8 Å². The van der Waals surface area contributed by atoms with Crippen molar-refractivity contribution in [3.8, 4) is 5.75 Å². The molecule has 0 aliphatic carbocycles. The second-order valence-electron chi connectivity index (χ2n) is 7.10. The summed E-state index contributed by atoms with van der Waals surface area (Å²) in [6, 6.07) is 11.5. The molecule has 1 heterocycles. The molecule has 32 heavy (non-hydrogen) atoms. The Balaban J connectivity index is 1.74. The van der Waals surface area contributed by atoms with Crippen LogP contribution in [0.1, 0.15) is 36.7 Å². The molecule has 1 amide bonds. The second kappa shape index (κ2) is 10.8. The number of hydrogen-bond donors (Lipinski definition) is 1. The summed E-state index contributed by atoms with van der Waals surface area (Å²) in [5.74, 6) is -0.850. The summed E-state index contributed by atoms with van der Waals surface area (Å²) in [5, 5.41) is 7.93. The van der Waals surface area contributed by atoms with Gasteiger partial charge in [0.05, 0.1) is 17.5 Å². The van der Waals surface area contributed by atoms with Crippen molar-refractivity contribution >= 4 is 39.9 Å². The van der Waals surface area contributed by atoms with Crippen LogP contribution in [0.5, 0.6) is 5.75 Å². The third kappa shape index (κ3) is 5.45. The summed E-state index contributed by atoms with van der Waals surface area (Å²) in [6.45, 7) is 1.94. The fraction of sp³-hybridized carbons (Fsp3) is 0.304. The van der Waals surface area contributed by atoms with Gasteiger partial charge in [-0.1, -0.05) is 49.6 Å². The summed E-state index contributed by atoms with van der Waals surface area (Å²) in [5.41, 5.74) is 0.171. The molecule has 0 radical (unpaired) electrons. The molecule has 3 aromatic rings. The molecule has 3 rings (SSSR count). The first-order valence-electron chi connectivity index (χ1n) is 10.2. The molecular weight excluding hydrogens is 434 g/mol. The van der Waals surface area contributed by atoms with Gasteiger partial charge in [0, 0.05) is 17.6 Å². The van der Waals surface area contributed by atoms with Crippen LogP contribution in [-0.4, -0.2) is 35.4 Å². The van der Waals surface area contributed by atoms with Crippen LogP contribution in [0.3, 0.4) is 0 Å². The third-order valence-electron chi connectivity index (χ3n) is 4.80. The number of nitrogens with one attached hydrogen (secondary N) is 1. The van der Waals surface area contributed by atoms with Gasteiger partial charge >= 0.3 is 5.97 Å². The molecule has 0 unspecified atom stereocenters. The Morgan fingerprint density at radius 3 is 2.56 bits per heavy atom. The van der Waals surface area contributed by atoms with Crippen molar-refractivity contribution in [1.29, 1.82) is 0 Å². The van der Waals surface area contributed by atoms with Crippen LogP contribution in [-0.2, 0) is 16.1 Å². The summed E-state index contributed by atoms with van der Waals surface area (Å²) >= 11 is 6.05. The number of fused-ring (bicyclic) bond motifs is 1.